The number of unbranched alkanes of at least 4 members (excludes halogenated alkanes) is 1. The van der Waals surface area contributed by atoms with E-state index in [1.807, 2.05) is 0 Å². The SMILES string of the molecule is CCCCc1cc(=O)cc[nH]1. The van der Waals surface area contributed by atoms with Gasteiger partial charge < -0.3 is 4.98 Å². The van der Waals surface area contributed by atoms with E-state index in [4.69, 9.17) is 0 Å². The van der Waals surface area contributed by atoms with E-state index in [1.54, 1.807) is 12.3 Å². The summed E-state index contributed by atoms with van der Waals surface area (Å²) in [7, 11) is 0. The van der Waals surface area contributed by atoms with Crippen LogP contribution in [0.25, 0.3) is 0 Å². The minimum atomic E-state index is 0.0925. The number of aromatic nitrogens is 1. The first kappa shape index (κ1) is 8.05. The molecule has 0 aliphatic rings. The van der Waals surface area contributed by atoms with Crippen molar-refractivity contribution in [2.24, 2.45) is 0 Å². The zero-order valence-corrected chi connectivity index (χ0v) is 6.76. The van der Waals surface area contributed by atoms with E-state index in [-0.39, 0.29) is 5.43 Å². The smallest absolute Gasteiger partial charge is 0.181 e. The highest BCUT2D eigenvalue weighted by Crippen LogP contribution is 1.97. The molecule has 0 bridgehead atoms. The van der Waals surface area contributed by atoms with E-state index in [2.05, 4.69) is 11.9 Å². The summed E-state index contributed by atoms with van der Waals surface area (Å²) in [6, 6.07) is 3.20. The molecule has 2 heteroatoms. The second-order valence-corrected chi connectivity index (χ2v) is 2.65. The highest BCUT2D eigenvalue weighted by Gasteiger charge is 1.91. The van der Waals surface area contributed by atoms with Crippen molar-refractivity contribution in [3.63, 3.8) is 0 Å². The fourth-order valence-corrected chi connectivity index (χ4v) is 1.00. The van der Waals surface area contributed by atoms with Gasteiger partial charge in [0.25, 0.3) is 0 Å². The number of hydrogen-bond acceptors (Lipinski definition) is 1. The lowest BCUT2D eigenvalue weighted by Crippen LogP contribution is -2.00. The first-order valence-electron chi connectivity index (χ1n) is 4.00. The lowest BCUT2D eigenvalue weighted by Gasteiger charge is -1.96. The molecule has 0 atom stereocenters. The topological polar surface area (TPSA) is 32.9 Å². The van der Waals surface area contributed by atoms with Crippen LogP contribution in [0.4, 0.5) is 0 Å². The lowest BCUT2D eigenvalue weighted by molar-refractivity contribution is 0.776. The second kappa shape index (κ2) is 3.96. The van der Waals surface area contributed by atoms with Crippen molar-refractivity contribution < 1.29 is 0 Å². The molecule has 1 aromatic heterocycles. The van der Waals surface area contributed by atoms with Crippen molar-refractivity contribution in [1.29, 1.82) is 0 Å². The van der Waals surface area contributed by atoms with Crippen LogP contribution < -0.4 is 5.43 Å². The molecule has 2 nitrogen and oxygen atoms in total. The summed E-state index contributed by atoms with van der Waals surface area (Å²) < 4.78 is 0. The Labute approximate surface area is 66.3 Å². The van der Waals surface area contributed by atoms with Crippen LogP contribution in [0.3, 0.4) is 0 Å². The first-order valence-corrected chi connectivity index (χ1v) is 4.00. The van der Waals surface area contributed by atoms with Crippen LogP contribution in [0, 0.1) is 0 Å². The Hall–Kier alpha value is -1.05. The van der Waals surface area contributed by atoms with Gasteiger partial charge in [0.15, 0.2) is 5.43 Å². The molecule has 1 rings (SSSR count). The van der Waals surface area contributed by atoms with Gasteiger partial charge in [-0.25, -0.2) is 0 Å². The molecule has 11 heavy (non-hydrogen) atoms. The number of rotatable bonds is 3. The summed E-state index contributed by atoms with van der Waals surface area (Å²) in [6.07, 6.45) is 4.98. The average molecular weight is 151 g/mol. The Kier molecular flexibility index (Phi) is 2.90. The van der Waals surface area contributed by atoms with Gasteiger partial charge >= 0.3 is 0 Å². The summed E-state index contributed by atoms with van der Waals surface area (Å²) in [5.41, 5.74) is 1.13. The molecule has 0 aromatic carbocycles. The Balaban J connectivity index is 2.64. The molecular formula is C9H13NO. The normalized spacial score (nSPS) is 9.91. The lowest BCUT2D eigenvalue weighted by atomic mass is 10.2. The highest BCUT2D eigenvalue weighted by molar-refractivity contribution is 5.03. The zero-order chi connectivity index (χ0) is 8.10. The number of nitrogens with one attached hydrogen (secondary N) is 1. The van der Waals surface area contributed by atoms with Crippen molar-refractivity contribution in [3.8, 4) is 0 Å². The van der Waals surface area contributed by atoms with E-state index in [1.165, 1.54) is 6.07 Å². The highest BCUT2D eigenvalue weighted by atomic mass is 16.1. The largest absolute Gasteiger partial charge is 0.365 e. The molecule has 60 valence electrons. The molecule has 1 N–H and O–H groups in total. The number of aryl methyl sites for hydroxylation is 1. The molecule has 0 saturated heterocycles. The molecule has 0 radical (unpaired) electrons. The van der Waals surface area contributed by atoms with Crippen LogP contribution in [0.5, 0.6) is 0 Å². The van der Waals surface area contributed by atoms with Crippen LogP contribution >= 0.6 is 0 Å². The molecule has 0 amide bonds. The fourth-order valence-electron chi connectivity index (χ4n) is 1.00. The van der Waals surface area contributed by atoms with Crippen molar-refractivity contribution in [2.75, 3.05) is 0 Å². The molecule has 0 unspecified atom stereocenters. The zero-order valence-electron chi connectivity index (χ0n) is 6.76. The third kappa shape index (κ3) is 2.58. The number of hydrogen-bond donors (Lipinski definition) is 1. The minimum Gasteiger partial charge on any atom is -0.365 e. The Morgan fingerprint density at radius 1 is 1.55 bits per heavy atom. The van der Waals surface area contributed by atoms with Crippen LogP contribution in [-0.2, 0) is 6.42 Å². The van der Waals surface area contributed by atoms with E-state index < -0.39 is 0 Å². The van der Waals surface area contributed by atoms with Crippen LogP contribution in [-0.4, -0.2) is 4.98 Å². The molecule has 0 aliphatic carbocycles. The van der Waals surface area contributed by atoms with Gasteiger partial charge in [0.05, 0.1) is 0 Å². The quantitative estimate of drug-likeness (QED) is 0.701. The third-order valence-electron chi connectivity index (χ3n) is 1.63. The van der Waals surface area contributed by atoms with Gasteiger partial charge in [-0.05, 0) is 12.8 Å². The molecule has 0 aliphatic heterocycles. The van der Waals surface area contributed by atoms with E-state index in [9.17, 15) is 4.79 Å². The number of aromatic amines is 1. The van der Waals surface area contributed by atoms with Crippen LogP contribution in [0.15, 0.2) is 23.1 Å². The predicted octanol–water partition coefficient (Wildman–Crippen LogP) is 1.72. The predicted molar refractivity (Wildman–Crippen MR) is 45.7 cm³/mol. The van der Waals surface area contributed by atoms with Crippen molar-refractivity contribution >= 4 is 0 Å². The third-order valence-corrected chi connectivity index (χ3v) is 1.63. The summed E-state index contributed by atoms with van der Waals surface area (Å²) >= 11 is 0. The van der Waals surface area contributed by atoms with Crippen molar-refractivity contribution in [1.82, 2.24) is 4.98 Å². The summed E-state index contributed by atoms with van der Waals surface area (Å²) in [5, 5.41) is 0. The van der Waals surface area contributed by atoms with E-state index >= 15 is 0 Å². The van der Waals surface area contributed by atoms with Gasteiger partial charge in [-0.15, -0.1) is 0 Å². The average Bonchev–Trinajstić information content (AvgIpc) is 2.01. The maximum absolute atomic E-state index is 10.8. The Bertz CT molecular complexity index is 264. The number of pyridine rings is 1. The van der Waals surface area contributed by atoms with Crippen LogP contribution in [0.2, 0.25) is 0 Å². The van der Waals surface area contributed by atoms with Gasteiger partial charge in [-0.3, -0.25) is 4.79 Å². The summed E-state index contributed by atoms with van der Waals surface area (Å²) in [6.45, 7) is 2.14. The second-order valence-electron chi connectivity index (χ2n) is 2.65. The molecule has 0 spiro atoms. The van der Waals surface area contributed by atoms with Crippen LogP contribution in [0.1, 0.15) is 25.5 Å². The molecule has 1 heterocycles. The Morgan fingerprint density at radius 2 is 2.36 bits per heavy atom. The molecule has 0 fully saturated rings. The van der Waals surface area contributed by atoms with Crippen molar-refractivity contribution in [2.45, 2.75) is 26.2 Å². The summed E-state index contributed by atoms with van der Waals surface area (Å²) in [4.78, 5) is 13.9. The molecular weight excluding hydrogens is 138 g/mol. The maximum atomic E-state index is 10.8. The van der Waals surface area contributed by atoms with E-state index in [0.29, 0.717) is 0 Å². The van der Waals surface area contributed by atoms with Gasteiger partial charge in [-0.2, -0.15) is 0 Å². The number of H-pyrrole nitrogens is 1. The summed E-state index contributed by atoms with van der Waals surface area (Å²) in [5.74, 6) is 0. The molecule has 1 aromatic rings. The van der Waals surface area contributed by atoms with Gasteiger partial charge in [0, 0.05) is 24.0 Å². The Morgan fingerprint density at radius 3 is 3.00 bits per heavy atom. The standard InChI is InChI=1S/C9H13NO/c1-2-3-4-8-7-9(11)5-6-10-8/h5-7H,2-4H2,1H3,(H,10,11). The van der Waals surface area contributed by atoms with Gasteiger partial charge in [-0.1, -0.05) is 13.3 Å². The van der Waals surface area contributed by atoms with Gasteiger partial charge in [0.1, 0.15) is 0 Å². The minimum absolute atomic E-state index is 0.0925. The fraction of sp³-hybridized carbons (Fsp3) is 0.444. The van der Waals surface area contributed by atoms with Crippen molar-refractivity contribution in [3.05, 3.63) is 34.2 Å². The molecule has 0 saturated carbocycles. The van der Waals surface area contributed by atoms with Gasteiger partial charge in [0.2, 0.25) is 0 Å². The first-order chi connectivity index (χ1) is 5.33. The van der Waals surface area contributed by atoms with E-state index in [0.717, 1.165) is 25.0 Å². The monoisotopic (exact) mass is 151 g/mol. The maximum Gasteiger partial charge on any atom is 0.181 e.